The Balaban J connectivity index is 1.71. The minimum absolute atomic E-state index is 0.0934. The van der Waals surface area contributed by atoms with E-state index in [9.17, 15) is 4.79 Å². The van der Waals surface area contributed by atoms with Gasteiger partial charge in [-0.15, -0.1) is 5.10 Å². The molecule has 1 N–H and O–H groups in total. The first-order chi connectivity index (χ1) is 12.5. The van der Waals surface area contributed by atoms with E-state index in [0.717, 1.165) is 0 Å². The SMILES string of the molecule is [2H]C([2H])(COc1ccn(-c2ccc(C(=O)O)c(Cl)n2)n1)C([2H])([2H])C1(C)CC1. The quantitative estimate of drug-likeness (QED) is 0.780. The average Bonchev–Trinajstić information content (AvgIpc) is 3.18. The van der Waals surface area contributed by atoms with Gasteiger partial charge in [0.15, 0.2) is 5.82 Å². The fourth-order valence-electron chi connectivity index (χ4n) is 1.90. The van der Waals surface area contributed by atoms with Gasteiger partial charge in [0.2, 0.25) is 5.88 Å². The Morgan fingerprint density at radius 1 is 1.52 bits per heavy atom. The first kappa shape index (κ1) is 11.5. The van der Waals surface area contributed by atoms with E-state index in [1.807, 2.05) is 0 Å². The maximum absolute atomic E-state index is 11.0. The molecule has 122 valence electrons. The number of hydrogen-bond acceptors (Lipinski definition) is 4. The third kappa shape index (κ3) is 3.82. The third-order valence-corrected chi connectivity index (χ3v) is 3.83. The largest absolute Gasteiger partial charge is 0.478 e. The van der Waals surface area contributed by atoms with Crippen molar-refractivity contribution < 1.29 is 20.1 Å². The Kier molecular flexibility index (Phi) is 3.09. The van der Waals surface area contributed by atoms with Crippen LogP contribution in [0.1, 0.15) is 48.4 Å². The second kappa shape index (κ2) is 6.20. The number of carbonyl (C=O) groups is 1. The molecule has 1 aliphatic rings. The van der Waals surface area contributed by atoms with Crippen molar-refractivity contribution in [1.82, 2.24) is 14.8 Å². The zero-order valence-electron chi connectivity index (χ0n) is 16.4. The van der Waals surface area contributed by atoms with E-state index in [0.29, 0.717) is 12.8 Å². The number of aromatic nitrogens is 3. The van der Waals surface area contributed by atoms with Crippen molar-refractivity contribution in [3.8, 4) is 11.7 Å². The van der Waals surface area contributed by atoms with Crippen LogP contribution in [0, 0.1) is 5.41 Å². The number of rotatable bonds is 7. The molecule has 0 aliphatic heterocycles. The molecule has 1 saturated carbocycles. The van der Waals surface area contributed by atoms with Crippen molar-refractivity contribution >= 4 is 17.6 Å². The fraction of sp³-hybridized carbons (Fsp3) is 0.438. The monoisotopic (exact) mass is 339 g/mol. The van der Waals surface area contributed by atoms with E-state index >= 15 is 0 Å². The summed E-state index contributed by atoms with van der Waals surface area (Å²) in [5.41, 5.74) is -0.806. The molecule has 0 spiro atoms. The Morgan fingerprint density at radius 3 is 2.96 bits per heavy atom. The van der Waals surface area contributed by atoms with Gasteiger partial charge in [-0.25, -0.2) is 14.5 Å². The molecule has 6 nitrogen and oxygen atoms in total. The van der Waals surface area contributed by atoms with Crippen LogP contribution in [-0.4, -0.2) is 32.4 Å². The fourth-order valence-corrected chi connectivity index (χ4v) is 2.13. The van der Waals surface area contributed by atoms with Crippen LogP contribution in [0.25, 0.3) is 5.82 Å². The van der Waals surface area contributed by atoms with Gasteiger partial charge in [-0.05, 0) is 43.1 Å². The number of hydrogen-bond donors (Lipinski definition) is 1. The molecule has 2 heterocycles. The molecule has 0 unspecified atom stereocenters. The van der Waals surface area contributed by atoms with Gasteiger partial charge in [-0.3, -0.25) is 0 Å². The molecular weight excluding hydrogens is 318 g/mol. The minimum atomic E-state index is -2.19. The van der Waals surface area contributed by atoms with Crippen LogP contribution in [0.3, 0.4) is 0 Å². The van der Waals surface area contributed by atoms with Crippen molar-refractivity contribution in [1.29, 1.82) is 0 Å². The molecule has 0 atom stereocenters. The highest BCUT2D eigenvalue weighted by Gasteiger charge is 2.36. The molecule has 0 radical (unpaired) electrons. The summed E-state index contributed by atoms with van der Waals surface area (Å²) in [6, 6.07) is 4.21. The van der Waals surface area contributed by atoms with Crippen molar-refractivity contribution in [3.05, 3.63) is 35.1 Å². The minimum Gasteiger partial charge on any atom is -0.478 e. The predicted molar refractivity (Wildman–Crippen MR) is 85.4 cm³/mol. The van der Waals surface area contributed by atoms with Crippen molar-refractivity contribution in [2.45, 2.75) is 32.5 Å². The van der Waals surface area contributed by atoms with Gasteiger partial charge in [-0.2, -0.15) is 0 Å². The van der Waals surface area contributed by atoms with Crippen LogP contribution in [0.15, 0.2) is 24.4 Å². The summed E-state index contributed by atoms with van der Waals surface area (Å²) in [6.07, 6.45) is -1.42. The summed E-state index contributed by atoms with van der Waals surface area (Å²) in [4.78, 5) is 14.9. The van der Waals surface area contributed by atoms with E-state index < -0.39 is 30.7 Å². The molecule has 0 bridgehead atoms. The zero-order valence-corrected chi connectivity index (χ0v) is 13.2. The highest BCUT2D eigenvalue weighted by atomic mass is 35.5. The second-order valence-corrected chi connectivity index (χ2v) is 5.92. The van der Waals surface area contributed by atoms with Crippen molar-refractivity contribution in [3.63, 3.8) is 0 Å². The van der Waals surface area contributed by atoms with Crippen molar-refractivity contribution in [2.75, 3.05) is 6.61 Å². The van der Waals surface area contributed by atoms with Gasteiger partial charge >= 0.3 is 5.97 Å². The van der Waals surface area contributed by atoms with E-state index in [1.54, 1.807) is 6.92 Å². The molecule has 1 fully saturated rings. The van der Waals surface area contributed by atoms with Gasteiger partial charge in [0.25, 0.3) is 0 Å². The highest BCUT2D eigenvalue weighted by molar-refractivity contribution is 6.32. The Bertz CT molecular complexity index is 884. The van der Waals surface area contributed by atoms with Crippen LogP contribution in [0.2, 0.25) is 5.15 Å². The smallest absolute Gasteiger partial charge is 0.338 e. The Hall–Kier alpha value is -2.08. The number of nitrogens with zero attached hydrogens (tertiary/aromatic N) is 3. The molecule has 1 aliphatic carbocycles. The topological polar surface area (TPSA) is 77.2 Å². The van der Waals surface area contributed by atoms with Gasteiger partial charge < -0.3 is 9.84 Å². The second-order valence-electron chi connectivity index (χ2n) is 5.56. The average molecular weight is 340 g/mol. The highest BCUT2D eigenvalue weighted by Crippen LogP contribution is 2.48. The third-order valence-electron chi connectivity index (χ3n) is 3.55. The molecule has 0 saturated heterocycles. The number of halogens is 1. The molecule has 7 heteroatoms. The summed E-state index contributed by atoms with van der Waals surface area (Å²) in [7, 11) is 0. The summed E-state index contributed by atoms with van der Waals surface area (Å²) in [5, 5.41) is 12.9. The maximum atomic E-state index is 11.0. The standard InChI is InChI=1S/C16H18ClN3O3/c1-16(7-8-16)6-2-10-23-13-5-9-20(19-13)12-4-3-11(15(21)22)14(17)18-12/h3-5,9H,2,6-8,10H2,1H3,(H,21,22)/i2D2,6D2. The first-order valence-corrected chi connectivity index (χ1v) is 7.43. The lowest BCUT2D eigenvalue weighted by Crippen LogP contribution is -2.05. The Labute approximate surface area is 144 Å². The normalized spacial score (nSPS) is 19.2. The van der Waals surface area contributed by atoms with E-state index in [4.69, 9.17) is 26.9 Å². The van der Waals surface area contributed by atoms with Gasteiger partial charge in [0.1, 0.15) is 5.15 Å². The first-order valence-electron chi connectivity index (χ1n) is 9.06. The van der Waals surface area contributed by atoms with Crippen molar-refractivity contribution in [2.24, 2.45) is 5.41 Å². The van der Waals surface area contributed by atoms with Crippen LogP contribution < -0.4 is 4.74 Å². The Morgan fingerprint density at radius 2 is 2.30 bits per heavy atom. The number of ether oxygens (including phenoxy) is 1. The van der Waals surface area contributed by atoms with Gasteiger partial charge in [0, 0.05) is 17.7 Å². The predicted octanol–water partition coefficient (Wildman–Crippen LogP) is 3.58. The van der Waals surface area contributed by atoms with Crippen LogP contribution in [0.4, 0.5) is 0 Å². The number of aromatic carboxylic acids is 1. The molecule has 2 aromatic rings. The van der Waals surface area contributed by atoms with Gasteiger partial charge in [-0.1, -0.05) is 18.5 Å². The van der Waals surface area contributed by atoms with Crippen LogP contribution >= 0.6 is 11.6 Å². The number of carboxylic acids is 1. The zero-order chi connectivity index (χ0) is 20.0. The van der Waals surface area contributed by atoms with Gasteiger partial charge in [0.05, 0.1) is 12.2 Å². The van der Waals surface area contributed by atoms with E-state index in [1.165, 1.54) is 29.1 Å². The molecule has 0 aromatic carbocycles. The lowest BCUT2D eigenvalue weighted by atomic mass is 10.0. The lowest BCUT2D eigenvalue weighted by molar-refractivity contribution is 0.0696. The van der Waals surface area contributed by atoms with E-state index in [-0.39, 0.29) is 22.4 Å². The molecule has 0 amide bonds. The van der Waals surface area contributed by atoms with Crippen LogP contribution in [0.5, 0.6) is 5.88 Å². The number of pyridine rings is 1. The molecule has 23 heavy (non-hydrogen) atoms. The maximum Gasteiger partial charge on any atom is 0.338 e. The molecular formula is C16H18ClN3O3. The summed E-state index contributed by atoms with van der Waals surface area (Å²) >= 11 is 5.85. The molecule has 2 aromatic heterocycles. The van der Waals surface area contributed by atoms with Crippen LogP contribution in [-0.2, 0) is 0 Å². The lowest BCUT2D eigenvalue weighted by Gasteiger charge is -2.07. The summed E-state index contributed by atoms with van der Waals surface area (Å²) in [5.74, 6) is -0.830. The van der Waals surface area contributed by atoms with E-state index in [2.05, 4.69) is 10.1 Å². The summed E-state index contributed by atoms with van der Waals surface area (Å²) < 4.78 is 39.1. The number of carboxylic acid groups (broad SMARTS) is 1. The molecule has 3 rings (SSSR count). The summed E-state index contributed by atoms with van der Waals surface area (Å²) in [6.45, 7) is 1.24.